The van der Waals surface area contributed by atoms with Crippen molar-refractivity contribution in [2.75, 3.05) is 24.6 Å². The SMILES string of the molecule is Cc1nn(C)c(N2CCC(CO)CC2)c1C(=N)N. The molecule has 0 bridgehead atoms. The first-order valence-electron chi connectivity index (χ1n) is 6.28. The first kappa shape index (κ1) is 12.9. The van der Waals surface area contributed by atoms with Crippen LogP contribution >= 0.6 is 0 Å². The van der Waals surface area contributed by atoms with Crippen molar-refractivity contribution in [1.82, 2.24) is 9.78 Å². The molecule has 0 radical (unpaired) electrons. The van der Waals surface area contributed by atoms with E-state index in [1.54, 1.807) is 4.68 Å². The summed E-state index contributed by atoms with van der Waals surface area (Å²) in [7, 11) is 1.88. The van der Waals surface area contributed by atoms with Crippen LogP contribution in [0.5, 0.6) is 0 Å². The number of nitrogen functional groups attached to an aromatic ring is 1. The van der Waals surface area contributed by atoms with Crippen molar-refractivity contribution in [2.24, 2.45) is 18.7 Å². The molecule has 1 aromatic rings. The summed E-state index contributed by atoms with van der Waals surface area (Å²) in [4.78, 5) is 2.21. The zero-order valence-corrected chi connectivity index (χ0v) is 11.0. The van der Waals surface area contributed by atoms with Crippen LogP contribution in [0.25, 0.3) is 0 Å². The van der Waals surface area contributed by atoms with Crippen molar-refractivity contribution < 1.29 is 5.11 Å². The number of rotatable bonds is 3. The van der Waals surface area contributed by atoms with E-state index in [0.717, 1.165) is 43.0 Å². The van der Waals surface area contributed by atoms with Gasteiger partial charge in [-0.25, -0.2) is 0 Å². The lowest BCUT2D eigenvalue weighted by Crippen LogP contribution is -2.37. The molecule has 0 aliphatic carbocycles. The fourth-order valence-corrected chi connectivity index (χ4v) is 2.65. The van der Waals surface area contributed by atoms with Gasteiger partial charge in [0.05, 0.1) is 11.3 Å². The molecule has 4 N–H and O–H groups in total. The van der Waals surface area contributed by atoms with Gasteiger partial charge in [0.1, 0.15) is 11.7 Å². The van der Waals surface area contributed by atoms with E-state index in [4.69, 9.17) is 16.2 Å². The van der Waals surface area contributed by atoms with Crippen LogP contribution in [0.4, 0.5) is 5.82 Å². The summed E-state index contributed by atoms with van der Waals surface area (Å²) < 4.78 is 1.80. The molecule has 1 aliphatic rings. The van der Waals surface area contributed by atoms with E-state index in [1.807, 2.05) is 14.0 Å². The third-order valence-corrected chi connectivity index (χ3v) is 3.63. The topological polar surface area (TPSA) is 91.2 Å². The smallest absolute Gasteiger partial charge is 0.137 e. The fraction of sp³-hybridized carbons (Fsp3) is 0.667. The quantitative estimate of drug-likeness (QED) is 0.529. The molecule has 1 saturated heterocycles. The average molecular weight is 251 g/mol. The molecule has 0 unspecified atom stereocenters. The number of aliphatic hydroxyl groups is 1. The number of aromatic nitrogens is 2. The zero-order chi connectivity index (χ0) is 13.3. The van der Waals surface area contributed by atoms with Crippen molar-refractivity contribution in [2.45, 2.75) is 19.8 Å². The minimum Gasteiger partial charge on any atom is -0.396 e. The number of aliphatic hydroxyl groups excluding tert-OH is 1. The van der Waals surface area contributed by atoms with Crippen LogP contribution in [0, 0.1) is 18.3 Å². The van der Waals surface area contributed by atoms with E-state index < -0.39 is 0 Å². The van der Waals surface area contributed by atoms with Gasteiger partial charge in [0.15, 0.2) is 0 Å². The Balaban J connectivity index is 2.26. The van der Waals surface area contributed by atoms with Gasteiger partial charge >= 0.3 is 0 Å². The lowest BCUT2D eigenvalue weighted by molar-refractivity contribution is 0.202. The molecule has 1 aliphatic heterocycles. The van der Waals surface area contributed by atoms with E-state index in [0.29, 0.717) is 5.92 Å². The number of amidine groups is 1. The number of hydrogen-bond acceptors (Lipinski definition) is 4. The van der Waals surface area contributed by atoms with Gasteiger partial charge in [-0.3, -0.25) is 10.1 Å². The highest BCUT2D eigenvalue weighted by molar-refractivity contribution is 6.00. The van der Waals surface area contributed by atoms with Crippen LogP contribution in [0.3, 0.4) is 0 Å². The molecule has 0 atom stereocenters. The molecule has 6 heteroatoms. The second kappa shape index (κ2) is 4.97. The number of anilines is 1. The van der Waals surface area contributed by atoms with Crippen molar-refractivity contribution in [1.29, 1.82) is 5.41 Å². The maximum Gasteiger partial charge on any atom is 0.137 e. The lowest BCUT2D eigenvalue weighted by Gasteiger charge is -2.33. The Morgan fingerprint density at radius 1 is 1.50 bits per heavy atom. The Morgan fingerprint density at radius 3 is 2.61 bits per heavy atom. The van der Waals surface area contributed by atoms with Gasteiger partial charge in [0.25, 0.3) is 0 Å². The fourth-order valence-electron chi connectivity index (χ4n) is 2.65. The Morgan fingerprint density at radius 2 is 2.11 bits per heavy atom. The summed E-state index contributed by atoms with van der Waals surface area (Å²) in [5.41, 5.74) is 7.18. The van der Waals surface area contributed by atoms with Gasteiger partial charge in [-0.15, -0.1) is 0 Å². The Kier molecular flexibility index (Phi) is 3.56. The van der Waals surface area contributed by atoms with Crippen LogP contribution < -0.4 is 10.6 Å². The molecule has 18 heavy (non-hydrogen) atoms. The van der Waals surface area contributed by atoms with Crippen LogP contribution in [0.2, 0.25) is 0 Å². The summed E-state index contributed by atoms with van der Waals surface area (Å²) in [6.07, 6.45) is 1.94. The molecule has 6 nitrogen and oxygen atoms in total. The third kappa shape index (κ3) is 2.20. The van der Waals surface area contributed by atoms with Gasteiger partial charge in [-0.05, 0) is 25.7 Å². The van der Waals surface area contributed by atoms with Crippen LogP contribution in [0.15, 0.2) is 0 Å². The molecule has 1 fully saturated rings. The molecule has 0 amide bonds. The van der Waals surface area contributed by atoms with E-state index in [9.17, 15) is 0 Å². The Labute approximate surface area is 107 Å². The van der Waals surface area contributed by atoms with Gasteiger partial charge in [-0.2, -0.15) is 5.10 Å². The summed E-state index contributed by atoms with van der Waals surface area (Å²) in [5.74, 6) is 1.40. The molecule has 2 heterocycles. The van der Waals surface area contributed by atoms with Crippen molar-refractivity contribution >= 4 is 11.7 Å². The number of hydrogen-bond donors (Lipinski definition) is 3. The minimum atomic E-state index is 0.0693. The molecule has 100 valence electrons. The van der Waals surface area contributed by atoms with Crippen LogP contribution in [-0.2, 0) is 7.05 Å². The molecule has 0 aromatic carbocycles. The standard InChI is InChI=1S/C12H21N5O/c1-8-10(11(13)14)12(16(2)15-8)17-5-3-9(7-18)4-6-17/h9,18H,3-7H2,1-2H3,(H3,13,14). The molecular formula is C12H21N5O. The number of nitrogens with zero attached hydrogens (tertiary/aromatic N) is 3. The average Bonchev–Trinajstić information content (AvgIpc) is 2.64. The van der Waals surface area contributed by atoms with Gasteiger partial charge in [-0.1, -0.05) is 0 Å². The summed E-state index contributed by atoms with van der Waals surface area (Å²) in [6.45, 7) is 3.90. The van der Waals surface area contributed by atoms with Gasteiger partial charge in [0.2, 0.25) is 0 Å². The highest BCUT2D eigenvalue weighted by Crippen LogP contribution is 2.27. The maximum absolute atomic E-state index is 9.16. The summed E-state index contributed by atoms with van der Waals surface area (Å²) >= 11 is 0. The van der Waals surface area contributed by atoms with Crippen molar-refractivity contribution in [3.8, 4) is 0 Å². The monoisotopic (exact) mass is 251 g/mol. The Hall–Kier alpha value is -1.56. The predicted octanol–water partition coefficient (Wildman–Crippen LogP) is 0.221. The van der Waals surface area contributed by atoms with E-state index in [2.05, 4.69) is 10.00 Å². The van der Waals surface area contributed by atoms with Gasteiger partial charge < -0.3 is 15.7 Å². The molecular weight excluding hydrogens is 230 g/mol. The first-order chi connectivity index (χ1) is 8.54. The summed E-state index contributed by atoms with van der Waals surface area (Å²) in [5, 5.41) is 21.2. The highest BCUT2D eigenvalue weighted by atomic mass is 16.3. The molecule has 0 spiro atoms. The largest absolute Gasteiger partial charge is 0.396 e. The maximum atomic E-state index is 9.16. The van der Waals surface area contributed by atoms with E-state index >= 15 is 0 Å². The van der Waals surface area contributed by atoms with Gasteiger partial charge in [0, 0.05) is 26.7 Å². The van der Waals surface area contributed by atoms with Crippen molar-refractivity contribution in [3.63, 3.8) is 0 Å². The number of nitrogens with two attached hydrogens (primary N) is 1. The Bertz CT molecular complexity index is 446. The number of piperidine rings is 1. The van der Waals surface area contributed by atoms with Crippen LogP contribution in [0.1, 0.15) is 24.1 Å². The molecule has 2 rings (SSSR count). The number of aryl methyl sites for hydroxylation is 2. The molecule has 0 saturated carbocycles. The third-order valence-electron chi connectivity index (χ3n) is 3.63. The predicted molar refractivity (Wildman–Crippen MR) is 71.0 cm³/mol. The normalized spacial score (nSPS) is 17.2. The zero-order valence-electron chi connectivity index (χ0n) is 11.0. The second-order valence-corrected chi connectivity index (χ2v) is 4.93. The van der Waals surface area contributed by atoms with Crippen LogP contribution in [-0.4, -0.2) is 40.4 Å². The minimum absolute atomic E-state index is 0.0693. The summed E-state index contributed by atoms with van der Waals surface area (Å²) in [6, 6.07) is 0. The lowest BCUT2D eigenvalue weighted by atomic mass is 9.97. The van der Waals surface area contributed by atoms with E-state index in [1.165, 1.54) is 0 Å². The second-order valence-electron chi connectivity index (χ2n) is 4.93. The number of nitrogens with one attached hydrogen (secondary N) is 1. The van der Waals surface area contributed by atoms with Crippen molar-refractivity contribution in [3.05, 3.63) is 11.3 Å². The molecule has 1 aromatic heterocycles. The van der Waals surface area contributed by atoms with E-state index in [-0.39, 0.29) is 12.4 Å². The highest BCUT2D eigenvalue weighted by Gasteiger charge is 2.25. The first-order valence-corrected chi connectivity index (χ1v) is 6.28.